The van der Waals surface area contributed by atoms with Gasteiger partial charge < -0.3 is 20.1 Å². The lowest BCUT2D eigenvalue weighted by molar-refractivity contribution is -0.143. The summed E-state index contributed by atoms with van der Waals surface area (Å²) in [4.78, 5) is 38.4. The Hall–Kier alpha value is -3.35. The van der Waals surface area contributed by atoms with Gasteiger partial charge in [0.25, 0.3) is 0 Å². The number of benzene rings is 2. The van der Waals surface area contributed by atoms with E-state index in [4.69, 9.17) is 4.74 Å². The van der Waals surface area contributed by atoms with Crippen molar-refractivity contribution < 1.29 is 24.2 Å². The molecule has 2 aliphatic carbocycles. The lowest BCUT2D eigenvalue weighted by atomic mass is 9.93. The third-order valence-electron chi connectivity index (χ3n) is 7.76. The number of carboxylic acids is 1. The van der Waals surface area contributed by atoms with E-state index in [0.717, 1.165) is 24.0 Å². The average Bonchev–Trinajstić information content (AvgIpc) is 3.39. The normalized spacial score (nSPS) is 20.5. The first kappa shape index (κ1) is 22.4. The first-order valence-electron chi connectivity index (χ1n) is 12.0. The zero-order valence-corrected chi connectivity index (χ0v) is 19.3. The molecule has 1 spiro atoms. The first-order chi connectivity index (χ1) is 16.4. The van der Waals surface area contributed by atoms with E-state index >= 15 is 0 Å². The van der Waals surface area contributed by atoms with E-state index in [0.29, 0.717) is 19.5 Å². The van der Waals surface area contributed by atoms with Crippen LogP contribution in [-0.2, 0) is 14.3 Å². The molecular weight excluding hydrogens is 432 g/mol. The van der Waals surface area contributed by atoms with Gasteiger partial charge in [0.2, 0.25) is 5.91 Å². The summed E-state index contributed by atoms with van der Waals surface area (Å²) in [7, 11) is 0. The van der Waals surface area contributed by atoms with Crippen LogP contribution in [0.25, 0.3) is 11.1 Å². The lowest BCUT2D eigenvalue weighted by Gasteiger charge is -2.21. The van der Waals surface area contributed by atoms with E-state index in [1.807, 2.05) is 31.2 Å². The minimum Gasteiger partial charge on any atom is -0.481 e. The fourth-order valence-corrected chi connectivity index (χ4v) is 5.62. The Morgan fingerprint density at radius 3 is 2.26 bits per heavy atom. The molecule has 3 aliphatic rings. The fraction of sp³-hybridized carbons (Fsp3) is 0.444. The highest BCUT2D eigenvalue weighted by Crippen LogP contribution is 2.56. The molecule has 0 bridgehead atoms. The molecule has 0 aromatic heterocycles. The van der Waals surface area contributed by atoms with Gasteiger partial charge in [-0.25, -0.2) is 4.79 Å². The van der Waals surface area contributed by atoms with E-state index in [1.54, 1.807) is 4.90 Å². The second kappa shape index (κ2) is 8.78. The Kier molecular flexibility index (Phi) is 5.80. The number of nitrogens with zero attached hydrogens (tertiary/aromatic N) is 1. The largest absolute Gasteiger partial charge is 0.481 e. The van der Waals surface area contributed by atoms with Gasteiger partial charge in [0.05, 0.1) is 5.92 Å². The third-order valence-corrected chi connectivity index (χ3v) is 7.76. The number of carbonyl (C=O) groups is 3. The molecule has 34 heavy (non-hydrogen) atoms. The average molecular weight is 463 g/mol. The number of likely N-dealkylation sites (tertiary alicyclic amines) is 1. The molecule has 0 radical (unpaired) electrons. The number of hydrogen-bond donors (Lipinski definition) is 2. The summed E-state index contributed by atoms with van der Waals surface area (Å²) in [6, 6.07) is 16.4. The van der Waals surface area contributed by atoms with Crippen molar-refractivity contribution in [1.29, 1.82) is 0 Å². The molecule has 2 aromatic carbocycles. The van der Waals surface area contributed by atoms with Gasteiger partial charge in [0, 0.05) is 36.9 Å². The van der Waals surface area contributed by atoms with E-state index in [9.17, 15) is 19.5 Å². The maximum Gasteiger partial charge on any atom is 0.407 e. The minimum atomic E-state index is -0.808. The van der Waals surface area contributed by atoms with Crippen molar-refractivity contribution in [2.24, 2.45) is 17.3 Å². The zero-order valence-electron chi connectivity index (χ0n) is 19.3. The van der Waals surface area contributed by atoms with E-state index in [1.165, 1.54) is 11.1 Å². The molecule has 7 heteroatoms. The molecule has 1 heterocycles. The Morgan fingerprint density at radius 1 is 1.09 bits per heavy atom. The molecular formula is C27H30N2O5. The number of rotatable bonds is 7. The summed E-state index contributed by atoms with van der Waals surface area (Å²) in [5, 5.41) is 12.2. The number of hydrogen-bond acceptors (Lipinski definition) is 4. The van der Waals surface area contributed by atoms with E-state index in [2.05, 4.69) is 29.6 Å². The molecule has 2 atom stereocenters. The molecule has 5 rings (SSSR count). The predicted octanol–water partition coefficient (Wildman–Crippen LogP) is 3.87. The molecule has 2 N–H and O–H groups in total. The van der Waals surface area contributed by atoms with Crippen LogP contribution in [0.5, 0.6) is 0 Å². The van der Waals surface area contributed by atoms with Crippen molar-refractivity contribution in [1.82, 2.24) is 10.2 Å². The van der Waals surface area contributed by atoms with Crippen LogP contribution in [-0.4, -0.2) is 54.2 Å². The number of carbonyl (C=O) groups excluding carboxylic acids is 2. The Balaban J connectivity index is 1.10. The summed E-state index contributed by atoms with van der Waals surface area (Å²) < 4.78 is 5.55. The second-order valence-corrected chi connectivity index (χ2v) is 9.91. The van der Waals surface area contributed by atoms with Crippen LogP contribution in [0, 0.1) is 17.3 Å². The van der Waals surface area contributed by atoms with Gasteiger partial charge in [-0.05, 0) is 41.5 Å². The molecule has 178 valence electrons. The minimum absolute atomic E-state index is 0.00532. The Bertz CT molecular complexity index is 1080. The molecule has 1 saturated heterocycles. The molecule has 2 aromatic rings. The van der Waals surface area contributed by atoms with E-state index < -0.39 is 18.0 Å². The number of fused-ring (bicyclic) bond motifs is 3. The maximum atomic E-state index is 12.8. The highest BCUT2D eigenvalue weighted by atomic mass is 16.5. The predicted molar refractivity (Wildman–Crippen MR) is 126 cm³/mol. The van der Waals surface area contributed by atoms with Gasteiger partial charge in [0.15, 0.2) is 0 Å². The first-order valence-corrected chi connectivity index (χ1v) is 12.0. The highest BCUT2D eigenvalue weighted by Gasteiger charge is 2.59. The summed E-state index contributed by atoms with van der Waals surface area (Å²) in [5.41, 5.74) is 4.48. The molecule has 2 amide bonds. The standard InChI is InChI=1S/C27H30N2O5/c1-17(24(30)29-14-23(25(31)32)27(16-29)11-12-27)10-13-28-26(33)34-15-22-20-8-4-2-6-18(20)19-7-3-5-9-21(19)22/h2-9,17,22-23H,10-16H2,1H3,(H,28,33)(H,31,32). The van der Waals surface area contributed by atoms with Crippen molar-refractivity contribution in [2.45, 2.75) is 32.1 Å². The summed E-state index contributed by atoms with van der Waals surface area (Å²) in [5.74, 6) is -1.59. The summed E-state index contributed by atoms with van der Waals surface area (Å²) in [6.45, 7) is 3.23. The Labute approximate surface area is 199 Å². The monoisotopic (exact) mass is 462 g/mol. The van der Waals surface area contributed by atoms with Crippen molar-refractivity contribution >= 4 is 18.0 Å². The van der Waals surface area contributed by atoms with Crippen molar-refractivity contribution in [3.05, 3.63) is 59.7 Å². The van der Waals surface area contributed by atoms with Gasteiger partial charge in [-0.2, -0.15) is 0 Å². The molecule has 1 aliphatic heterocycles. The number of amides is 2. The molecule has 7 nitrogen and oxygen atoms in total. The van der Waals surface area contributed by atoms with Gasteiger partial charge in [-0.1, -0.05) is 55.5 Å². The van der Waals surface area contributed by atoms with Gasteiger partial charge in [-0.3, -0.25) is 9.59 Å². The van der Waals surface area contributed by atoms with Crippen molar-refractivity contribution in [3.63, 3.8) is 0 Å². The van der Waals surface area contributed by atoms with Gasteiger partial charge >= 0.3 is 12.1 Å². The highest BCUT2D eigenvalue weighted by molar-refractivity contribution is 5.82. The van der Waals surface area contributed by atoms with Crippen LogP contribution in [0.3, 0.4) is 0 Å². The number of carboxylic acid groups (broad SMARTS) is 1. The number of nitrogens with one attached hydrogen (secondary N) is 1. The van der Waals surface area contributed by atoms with Crippen molar-refractivity contribution in [3.8, 4) is 11.1 Å². The SMILES string of the molecule is CC(CCNC(=O)OCC1c2ccccc2-c2ccccc21)C(=O)N1CC(C(=O)O)C2(CC2)C1. The third kappa shape index (κ3) is 4.04. The molecule has 2 unspecified atom stereocenters. The smallest absolute Gasteiger partial charge is 0.407 e. The molecule has 1 saturated carbocycles. The number of alkyl carbamates (subject to hydrolysis) is 1. The number of aliphatic carboxylic acids is 1. The maximum absolute atomic E-state index is 12.8. The van der Waals surface area contributed by atoms with Crippen LogP contribution >= 0.6 is 0 Å². The summed E-state index contributed by atoms with van der Waals surface area (Å²) in [6.07, 6.45) is 1.74. The quantitative estimate of drug-likeness (QED) is 0.651. The van der Waals surface area contributed by atoms with Crippen LogP contribution in [0.2, 0.25) is 0 Å². The zero-order chi connectivity index (χ0) is 23.9. The van der Waals surface area contributed by atoms with Gasteiger partial charge in [0.1, 0.15) is 6.61 Å². The van der Waals surface area contributed by atoms with Crippen molar-refractivity contribution in [2.75, 3.05) is 26.2 Å². The van der Waals surface area contributed by atoms with Crippen LogP contribution in [0.15, 0.2) is 48.5 Å². The number of ether oxygens (including phenoxy) is 1. The molecule has 2 fully saturated rings. The fourth-order valence-electron chi connectivity index (χ4n) is 5.62. The van der Waals surface area contributed by atoms with Gasteiger partial charge in [-0.15, -0.1) is 0 Å². The second-order valence-electron chi connectivity index (χ2n) is 9.91. The van der Waals surface area contributed by atoms with E-state index in [-0.39, 0.29) is 36.3 Å². The summed E-state index contributed by atoms with van der Waals surface area (Å²) >= 11 is 0. The van der Waals surface area contributed by atoms with Crippen LogP contribution in [0.1, 0.15) is 43.2 Å². The topological polar surface area (TPSA) is 95.9 Å². The van der Waals surface area contributed by atoms with Crippen LogP contribution < -0.4 is 5.32 Å². The Morgan fingerprint density at radius 2 is 1.71 bits per heavy atom. The lowest BCUT2D eigenvalue weighted by Crippen LogP contribution is -2.36. The van der Waals surface area contributed by atoms with Crippen LogP contribution in [0.4, 0.5) is 4.79 Å².